The third kappa shape index (κ3) is 8.14. The average molecular weight is 684 g/mol. The topological polar surface area (TPSA) is 215 Å². The summed E-state index contributed by atoms with van der Waals surface area (Å²) in [6, 6.07) is 12.8. The van der Waals surface area contributed by atoms with E-state index in [1.165, 1.54) is 17.8 Å². The maximum absolute atomic E-state index is 14.3. The zero-order valence-corrected chi connectivity index (χ0v) is 28.1. The first-order valence-corrected chi connectivity index (χ1v) is 17.5. The molecule has 1 aromatic carbocycles. The molecule has 2 aromatic heterocycles. The van der Waals surface area contributed by atoms with Crippen LogP contribution in [0.1, 0.15) is 64.7 Å². The van der Waals surface area contributed by atoms with Crippen LogP contribution in [-0.2, 0) is 32.9 Å². The van der Waals surface area contributed by atoms with E-state index in [9.17, 15) is 19.4 Å². The first-order chi connectivity index (χ1) is 22.9. The molecule has 1 aliphatic carbocycles. The molecular weight excluding hydrogens is 641 g/mol. The van der Waals surface area contributed by atoms with Crippen LogP contribution in [-0.4, -0.2) is 63.5 Å². The number of hydrogen-bond acceptors (Lipinski definition) is 13. The molecule has 15 nitrogen and oxygen atoms in total. The SMILES string of the molecule is CC(C)C(=O)O[C@H]1C[C@H](c2ccc3c(N)ncnn23)O[C@]1(C#N)COP(=O)(N[C@@H](C)C(=O)OCC1CCC(N)CC1)Oc1ccccc1. The molecule has 0 radical (unpaired) electrons. The van der Waals surface area contributed by atoms with Crippen LogP contribution in [0.15, 0.2) is 48.8 Å². The molecule has 5 rings (SSSR count). The smallest absolute Gasteiger partial charge is 0.459 e. The van der Waals surface area contributed by atoms with Gasteiger partial charge in [0.1, 0.15) is 48.5 Å². The highest BCUT2D eigenvalue weighted by Crippen LogP contribution is 2.49. The monoisotopic (exact) mass is 683 g/mol. The van der Waals surface area contributed by atoms with Crippen LogP contribution in [0.4, 0.5) is 5.82 Å². The number of fused-ring (bicyclic) bond motifs is 1. The van der Waals surface area contributed by atoms with E-state index >= 15 is 0 Å². The van der Waals surface area contributed by atoms with Gasteiger partial charge in [-0.15, -0.1) is 0 Å². The van der Waals surface area contributed by atoms with Gasteiger partial charge >= 0.3 is 19.7 Å². The normalized spacial score (nSPS) is 26.0. The Morgan fingerprint density at radius 2 is 1.88 bits per heavy atom. The molecule has 5 N–H and O–H groups in total. The molecule has 1 aliphatic heterocycles. The second-order valence-electron chi connectivity index (χ2n) is 12.6. The minimum atomic E-state index is -4.41. The van der Waals surface area contributed by atoms with Crippen molar-refractivity contribution in [2.45, 2.75) is 82.8 Å². The van der Waals surface area contributed by atoms with Crippen LogP contribution in [0, 0.1) is 23.2 Å². The molecule has 2 fully saturated rings. The molecule has 258 valence electrons. The Morgan fingerprint density at radius 3 is 2.56 bits per heavy atom. The number of carbonyl (C=O) groups is 2. The lowest BCUT2D eigenvalue weighted by molar-refractivity contribution is -0.161. The van der Waals surface area contributed by atoms with Gasteiger partial charge in [-0.2, -0.15) is 15.4 Å². The minimum absolute atomic E-state index is 0.0530. The summed E-state index contributed by atoms with van der Waals surface area (Å²) in [6.07, 6.45) is 2.84. The molecule has 5 atom stereocenters. The fourth-order valence-corrected chi connectivity index (χ4v) is 7.22. The van der Waals surface area contributed by atoms with Crippen molar-refractivity contribution in [2.24, 2.45) is 17.6 Å². The van der Waals surface area contributed by atoms with Crippen LogP contribution in [0.25, 0.3) is 5.52 Å². The summed E-state index contributed by atoms with van der Waals surface area (Å²) in [7, 11) is -4.41. The summed E-state index contributed by atoms with van der Waals surface area (Å²) in [6.45, 7) is 4.36. The van der Waals surface area contributed by atoms with E-state index < -0.39 is 56.1 Å². The maximum Gasteiger partial charge on any atom is 0.459 e. The number of anilines is 1. The molecule has 1 unspecified atom stereocenters. The third-order valence-electron chi connectivity index (χ3n) is 8.54. The third-order valence-corrected chi connectivity index (χ3v) is 10.2. The predicted octanol–water partition coefficient (Wildman–Crippen LogP) is 3.85. The number of hydrogen-bond donors (Lipinski definition) is 3. The lowest BCUT2D eigenvalue weighted by Gasteiger charge is -2.30. The van der Waals surface area contributed by atoms with Gasteiger partial charge in [0, 0.05) is 12.5 Å². The number of carbonyl (C=O) groups excluding carboxylic acids is 2. The number of esters is 2. The van der Waals surface area contributed by atoms with Crippen LogP contribution in [0.3, 0.4) is 0 Å². The largest absolute Gasteiger partial charge is 0.464 e. The quantitative estimate of drug-likeness (QED) is 0.172. The number of aromatic nitrogens is 3. The van der Waals surface area contributed by atoms with Crippen LogP contribution >= 0.6 is 7.75 Å². The van der Waals surface area contributed by atoms with E-state index in [0.29, 0.717) is 11.2 Å². The number of benzene rings is 1. The first kappa shape index (κ1) is 35.3. The number of nitrogens with two attached hydrogens (primary N) is 2. The van der Waals surface area contributed by atoms with Gasteiger partial charge in [0.05, 0.1) is 18.2 Å². The van der Waals surface area contributed by atoms with E-state index in [-0.39, 0.29) is 36.6 Å². The van der Waals surface area contributed by atoms with Crippen molar-refractivity contribution in [1.29, 1.82) is 5.26 Å². The molecule has 48 heavy (non-hydrogen) atoms. The summed E-state index contributed by atoms with van der Waals surface area (Å²) < 4.78 is 45.2. The van der Waals surface area contributed by atoms with Crippen molar-refractivity contribution >= 4 is 31.0 Å². The van der Waals surface area contributed by atoms with E-state index in [1.54, 1.807) is 56.3 Å². The number of rotatable bonds is 13. The molecule has 0 amide bonds. The highest BCUT2D eigenvalue weighted by atomic mass is 31.2. The second kappa shape index (κ2) is 15.0. The first-order valence-electron chi connectivity index (χ1n) is 16.0. The Morgan fingerprint density at radius 1 is 1.15 bits per heavy atom. The van der Waals surface area contributed by atoms with E-state index in [4.69, 9.17) is 34.7 Å². The number of nitriles is 1. The van der Waals surface area contributed by atoms with Gasteiger partial charge in [0.15, 0.2) is 5.82 Å². The molecule has 1 saturated carbocycles. The van der Waals surface area contributed by atoms with Gasteiger partial charge in [-0.3, -0.25) is 14.1 Å². The summed E-state index contributed by atoms with van der Waals surface area (Å²) in [5, 5.41) is 17.5. The predicted molar refractivity (Wildman–Crippen MR) is 173 cm³/mol. The summed E-state index contributed by atoms with van der Waals surface area (Å²) in [5.41, 5.74) is 11.1. The van der Waals surface area contributed by atoms with Crippen LogP contribution < -0.4 is 21.1 Å². The number of para-hydroxylation sites is 1. The van der Waals surface area contributed by atoms with Gasteiger partial charge in [-0.25, -0.2) is 14.1 Å². The minimum Gasteiger partial charge on any atom is -0.464 e. The Kier molecular flexibility index (Phi) is 11.0. The Balaban J connectivity index is 1.37. The molecule has 0 bridgehead atoms. The average Bonchev–Trinajstić information content (AvgIpc) is 3.66. The number of nitrogens with zero attached hydrogens (tertiary/aromatic N) is 4. The number of nitrogen functional groups attached to an aromatic ring is 1. The van der Waals surface area contributed by atoms with Crippen molar-refractivity contribution in [1.82, 2.24) is 19.7 Å². The second-order valence-corrected chi connectivity index (χ2v) is 14.3. The maximum atomic E-state index is 14.3. The zero-order chi connectivity index (χ0) is 34.5. The molecule has 0 spiro atoms. The summed E-state index contributed by atoms with van der Waals surface area (Å²) >= 11 is 0. The zero-order valence-electron chi connectivity index (χ0n) is 27.2. The fourth-order valence-electron chi connectivity index (χ4n) is 5.70. The number of nitrogens with one attached hydrogen (secondary N) is 1. The van der Waals surface area contributed by atoms with Gasteiger partial charge < -0.3 is 30.2 Å². The molecule has 3 aromatic rings. The van der Waals surface area contributed by atoms with Crippen molar-refractivity contribution in [3.63, 3.8) is 0 Å². The van der Waals surface area contributed by atoms with Crippen LogP contribution in [0.2, 0.25) is 0 Å². The van der Waals surface area contributed by atoms with Crippen molar-refractivity contribution in [3.8, 4) is 11.8 Å². The Labute approximate surface area is 278 Å². The van der Waals surface area contributed by atoms with E-state index in [1.807, 2.05) is 0 Å². The highest BCUT2D eigenvalue weighted by molar-refractivity contribution is 7.52. The van der Waals surface area contributed by atoms with Gasteiger partial charge in [-0.1, -0.05) is 32.0 Å². The van der Waals surface area contributed by atoms with Crippen LogP contribution in [0.5, 0.6) is 5.75 Å². The Bertz CT molecular complexity index is 1670. The molecule has 16 heteroatoms. The van der Waals surface area contributed by atoms with Gasteiger partial charge in [0.2, 0.25) is 5.60 Å². The summed E-state index contributed by atoms with van der Waals surface area (Å²) in [4.78, 5) is 29.8. The van der Waals surface area contributed by atoms with Crippen molar-refractivity contribution < 1.29 is 37.4 Å². The Hall–Kier alpha value is -4.06. The van der Waals surface area contributed by atoms with Crippen molar-refractivity contribution in [2.75, 3.05) is 18.9 Å². The van der Waals surface area contributed by atoms with Gasteiger partial charge in [-0.05, 0) is 62.8 Å². The lowest BCUT2D eigenvalue weighted by Crippen LogP contribution is -2.46. The molecule has 1 saturated heterocycles. The fraction of sp³-hybridized carbons (Fsp3) is 0.531. The number of ether oxygens (including phenoxy) is 3. The summed E-state index contributed by atoms with van der Waals surface area (Å²) in [5.74, 6) is -1.10. The highest BCUT2D eigenvalue weighted by Gasteiger charge is 2.55. The lowest BCUT2D eigenvalue weighted by atomic mass is 9.87. The standard InChI is InChI=1S/C32H42N7O8P/c1-20(2)30(40)45-28-15-27(25-13-14-26-29(35)36-19-37-39(25)26)46-32(28,17-33)18-44-48(42,47-24-7-5-4-6-8-24)38-21(3)31(41)43-16-22-9-11-23(34)12-10-22/h4-8,13-14,19-23,27-28H,9-12,15-16,18,34H2,1-3H3,(H,38,42)(H2,35,36,37)/t21-,22?,23?,27+,28-,32+,48?/m0/s1. The molecule has 2 aliphatic rings. The van der Waals surface area contributed by atoms with Gasteiger partial charge in [0.25, 0.3) is 0 Å². The van der Waals surface area contributed by atoms with E-state index in [2.05, 4.69) is 21.2 Å². The molecule has 3 heterocycles. The van der Waals surface area contributed by atoms with Crippen molar-refractivity contribution in [3.05, 3.63) is 54.5 Å². The van der Waals surface area contributed by atoms with E-state index in [0.717, 1.165) is 25.7 Å². The molecular formula is C32H42N7O8P.